The summed E-state index contributed by atoms with van der Waals surface area (Å²) in [5.41, 5.74) is 14.6. The van der Waals surface area contributed by atoms with Crippen molar-refractivity contribution in [1.29, 1.82) is 0 Å². The lowest BCUT2D eigenvalue weighted by atomic mass is 10.0. The minimum atomic E-state index is 0.511. The van der Waals surface area contributed by atoms with E-state index in [2.05, 4.69) is 54.6 Å². The summed E-state index contributed by atoms with van der Waals surface area (Å²) >= 11 is 11.1. The number of benzene rings is 2. The van der Waals surface area contributed by atoms with Crippen molar-refractivity contribution >= 4 is 74.7 Å². The molecule has 2 unspecified atom stereocenters. The summed E-state index contributed by atoms with van der Waals surface area (Å²) in [5.74, 6) is 0. The Kier molecular flexibility index (Phi) is 5.59. The molecule has 0 spiro atoms. The number of thioether (sulfide) groups is 2. The van der Waals surface area contributed by atoms with Crippen LogP contribution in [-0.4, -0.2) is 0 Å². The summed E-state index contributed by atoms with van der Waals surface area (Å²) < 4.78 is 2.55. The molecule has 0 saturated heterocycles. The summed E-state index contributed by atoms with van der Waals surface area (Å²) in [7, 11) is 0. The lowest BCUT2D eigenvalue weighted by molar-refractivity contribution is 0.934. The van der Waals surface area contributed by atoms with Gasteiger partial charge in [-0.15, -0.1) is 46.2 Å². The van der Waals surface area contributed by atoms with Gasteiger partial charge in [0.1, 0.15) is 0 Å². The molecule has 6 rings (SSSR count). The first kappa shape index (κ1) is 20.6. The third kappa shape index (κ3) is 3.97. The Labute approximate surface area is 206 Å². The van der Waals surface area contributed by atoms with Crippen molar-refractivity contribution in [2.75, 3.05) is 5.73 Å². The normalized spacial score (nSPS) is 18.7. The molecule has 8 heteroatoms. The van der Waals surface area contributed by atoms with Crippen molar-refractivity contribution in [2.45, 2.75) is 45.0 Å². The third-order valence-corrected chi connectivity index (χ3v) is 12.5. The fourth-order valence-electron chi connectivity index (χ4n) is 3.83. The highest BCUT2D eigenvalue weighted by Gasteiger charge is 2.41. The quantitative estimate of drug-likeness (QED) is 0.280. The number of nitrogen functional groups attached to an aromatic ring is 1. The van der Waals surface area contributed by atoms with Crippen molar-refractivity contribution in [3.63, 3.8) is 0 Å². The Morgan fingerprint density at radius 2 is 1.29 bits per heavy atom. The number of thiophene rings is 2. The van der Waals surface area contributed by atoms with Gasteiger partial charge in [0.15, 0.2) is 0 Å². The average Bonchev–Trinajstić information content (AvgIpc) is 3.52. The van der Waals surface area contributed by atoms with E-state index in [1.165, 1.54) is 44.0 Å². The largest absolute Gasteiger partial charge is 0.391 e. The minimum absolute atomic E-state index is 0.511. The van der Waals surface area contributed by atoms with Gasteiger partial charge in [-0.25, -0.2) is 0 Å². The van der Waals surface area contributed by atoms with Gasteiger partial charge in [0.05, 0.1) is 23.9 Å². The molecule has 4 heterocycles. The highest BCUT2D eigenvalue weighted by atomic mass is 32.2. The number of nitrogens with two attached hydrogens (primary N) is 2. The van der Waals surface area contributed by atoms with E-state index in [4.69, 9.17) is 11.5 Å². The SMILES string of the molecule is NCc1ccc(Sc2ccc3c(c2)SC2c4ccc(Sc5ccc(N)s5)cc4SC32)s1. The van der Waals surface area contributed by atoms with E-state index in [0.29, 0.717) is 17.0 Å². The summed E-state index contributed by atoms with van der Waals surface area (Å²) in [6.45, 7) is 0.618. The van der Waals surface area contributed by atoms with Crippen LogP contribution in [0.4, 0.5) is 5.00 Å². The van der Waals surface area contributed by atoms with E-state index in [9.17, 15) is 0 Å². The molecule has 0 radical (unpaired) electrons. The van der Waals surface area contributed by atoms with E-state index in [0.717, 1.165) is 5.00 Å². The maximum Gasteiger partial charge on any atom is 0.0868 e. The molecule has 4 aromatic rings. The molecule has 0 fully saturated rings. The molecule has 4 N–H and O–H groups in total. The number of hydrogen-bond donors (Lipinski definition) is 2. The lowest BCUT2D eigenvalue weighted by Crippen LogP contribution is -1.91. The molecule has 31 heavy (non-hydrogen) atoms. The van der Waals surface area contributed by atoms with Crippen LogP contribution in [0, 0.1) is 0 Å². The highest BCUT2D eigenvalue weighted by molar-refractivity contribution is 8.05. The van der Waals surface area contributed by atoms with Gasteiger partial charge in [0, 0.05) is 31.0 Å². The number of hydrogen-bond acceptors (Lipinski definition) is 8. The second-order valence-corrected chi connectivity index (χ2v) is 14.7. The van der Waals surface area contributed by atoms with Gasteiger partial charge in [-0.2, -0.15) is 0 Å². The van der Waals surface area contributed by atoms with Crippen molar-refractivity contribution < 1.29 is 0 Å². The molecule has 2 aromatic carbocycles. The summed E-state index contributed by atoms with van der Waals surface area (Å²) in [4.78, 5) is 6.69. The molecule has 0 aliphatic carbocycles. The van der Waals surface area contributed by atoms with Gasteiger partial charge >= 0.3 is 0 Å². The first-order chi connectivity index (χ1) is 15.2. The fraction of sp³-hybridized carbons (Fsp3) is 0.130. The maximum atomic E-state index is 5.88. The smallest absolute Gasteiger partial charge is 0.0868 e. The zero-order chi connectivity index (χ0) is 20.9. The van der Waals surface area contributed by atoms with Crippen LogP contribution in [0.25, 0.3) is 0 Å². The first-order valence-corrected chi connectivity index (χ1v) is 14.8. The van der Waals surface area contributed by atoms with Crippen LogP contribution in [0.2, 0.25) is 0 Å². The van der Waals surface area contributed by atoms with E-state index >= 15 is 0 Å². The zero-order valence-corrected chi connectivity index (χ0v) is 21.1. The Hall–Kier alpha value is -1.000. The summed E-state index contributed by atoms with van der Waals surface area (Å²) in [5, 5.41) is 1.89. The fourth-order valence-corrected chi connectivity index (χ4v) is 11.3. The molecule has 2 aliphatic rings. The van der Waals surface area contributed by atoms with Gasteiger partial charge in [0.25, 0.3) is 0 Å². The Morgan fingerprint density at radius 3 is 1.81 bits per heavy atom. The Bertz CT molecular complexity index is 1280. The monoisotopic (exact) mass is 514 g/mol. The van der Waals surface area contributed by atoms with Gasteiger partial charge in [-0.1, -0.05) is 35.7 Å². The van der Waals surface area contributed by atoms with Crippen LogP contribution in [-0.2, 0) is 6.54 Å². The summed E-state index contributed by atoms with van der Waals surface area (Å²) in [6, 6.07) is 22.3. The van der Waals surface area contributed by atoms with Crippen LogP contribution in [0.1, 0.15) is 26.5 Å². The number of fused-ring (bicyclic) bond motifs is 5. The standard InChI is InChI=1S/C23H18N2S6/c24-11-14-3-7-20(28-14)26-12-1-4-15-17(9-12)29-23-16-5-2-13(10-18(16)30-22(15)23)27-21-8-6-19(25)31-21/h1-10,22-23H,11,24-25H2. The van der Waals surface area contributed by atoms with E-state index in [1.807, 2.05) is 41.4 Å². The van der Waals surface area contributed by atoms with Gasteiger partial charge in [0.2, 0.25) is 0 Å². The second kappa shape index (κ2) is 8.41. The summed E-state index contributed by atoms with van der Waals surface area (Å²) in [6.07, 6.45) is 0. The Balaban J connectivity index is 1.21. The number of rotatable bonds is 5. The molecule has 2 aliphatic heterocycles. The van der Waals surface area contributed by atoms with E-state index < -0.39 is 0 Å². The van der Waals surface area contributed by atoms with Gasteiger partial charge < -0.3 is 11.5 Å². The molecule has 0 saturated carbocycles. The molecule has 0 amide bonds. The van der Waals surface area contributed by atoms with Gasteiger partial charge in [-0.3, -0.25) is 0 Å². The van der Waals surface area contributed by atoms with Crippen LogP contribution in [0.15, 0.2) is 88.7 Å². The number of anilines is 1. The van der Waals surface area contributed by atoms with Crippen LogP contribution >= 0.6 is 69.7 Å². The maximum absolute atomic E-state index is 5.88. The molecule has 156 valence electrons. The topological polar surface area (TPSA) is 52.0 Å². The molecular formula is C23H18N2S6. The van der Waals surface area contributed by atoms with Crippen LogP contribution in [0.3, 0.4) is 0 Å². The first-order valence-electron chi connectivity index (χ1n) is 9.77. The van der Waals surface area contributed by atoms with Crippen molar-refractivity contribution in [2.24, 2.45) is 5.73 Å². The minimum Gasteiger partial charge on any atom is -0.391 e. The van der Waals surface area contributed by atoms with E-state index in [-0.39, 0.29) is 0 Å². The average molecular weight is 515 g/mol. The lowest BCUT2D eigenvalue weighted by Gasteiger charge is -2.08. The van der Waals surface area contributed by atoms with Gasteiger partial charge in [-0.05, 0) is 59.7 Å². The molecule has 2 nitrogen and oxygen atoms in total. The van der Waals surface area contributed by atoms with Crippen molar-refractivity contribution in [3.05, 3.63) is 76.7 Å². The zero-order valence-electron chi connectivity index (χ0n) is 16.2. The second-order valence-electron chi connectivity index (χ2n) is 7.26. The molecule has 0 bridgehead atoms. The van der Waals surface area contributed by atoms with Crippen LogP contribution in [0.5, 0.6) is 0 Å². The van der Waals surface area contributed by atoms with E-state index in [1.54, 1.807) is 34.4 Å². The Morgan fingerprint density at radius 1 is 0.710 bits per heavy atom. The molecular weight excluding hydrogens is 497 g/mol. The predicted octanol–water partition coefficient (Wildman–Crippen LogP) is 8.15. The predicted molar refractivity (Wildman–Crippen MR) is 139 cm³/mol. The van der Waals surface area contributed by atoms with Crippen LogP contribution < -0.4 is 11.5 Å². The molecule has 2 aromatic heterocycles. The third-order valence-electron chi connectivity index (χ3n) is 5.24. The molecule has 2 atom stereocenters. The highest BCUT2D eigenvalue weighted by Crippen LogP contribution is 2.66. The van der Waals surface area contributed by atoms with Crippen molar-refractivity contribution in [1.82, 2.24) is 0 Å². The van der Waals surface area contributed by atoms with Crippen molar-refractivity contribution in [3.8, 4) is 0 Å².